The predicted octanol–water partition coefficient (Wildman–Crippen LogP) is 6.85. The molecule has 0 fully saturated rings. The van der Waals surface area contributed by atoms with Gasteiger partial charge in [0.25, 0.3) is 11.8 Å². The maximum absolute atomic E-state index is 13.5. The first kappa shape index (κ1) is 21.4. The molecule has 4 rings (SSSR count). The minimum atomic E-state index is -0.308. The number of benzene rings is 3. The minimum Gasteiger partial charge on any atom is -0.268 e. The fourth-order valence-corrected chi connectivity index (χ4v) is 4.56. The molecule has 5 heteroatoms. The third-order valence-corrected chi connectivity index (χ3v) is 6.58. The van der Waals surface area contributed by atoms with E-state index in [1.807, 2.05) is 67.6 Å². The zero-order valence-corrected chi connectivity index (χ0v) is 19.1. The van der Waals surface area contributed by atoms with E-state index in [0.29, 0.717) is 27.1 Å². The number of halogens is 1. The summed E-state index contributed by atoms with van der Waals surface area (Å²) in [6, 6.07) is 22.6. The summed E-state index contributed by atoms with van der Waals surface area (Å²) in [5.74, 6) is -0.239. The van der Waals surface area contributed by atoms with Gasteiger partial charge in [-0.1, -0.05) is 79.2 Å². The third kappa shape index (κ3) is 4.32. The zero-order chi connectivity index (χ0) is 22.1. The van der Waals surface area contributed by atoms with E-state index in [1.165, 1.54) is 16.7 Å². The summed E-state index contributed by atoms with van der Waals surface area (Å²) >= 11 is 7.30. The lowest BCUT2D eigenvalue weighted by Crippen LogP contribution is -2.31. The zero-order valence-electron chi connectivity index (χ0n) is 17.6. The first-order chi connectivity index (χ1) is 14.8. The Balaban J connectivity index is 1.77. The lowest BCUT2D eigenvalue weighted by atomic mass is 10.0. The molecule has 0 aromatic heterocycles. The number of hydrogen-bond acceptors (Lipinski definition) is 3. The van der Waals surface area contributed by atoms with E-state index in [4.69, 9.17) is 11.6 Å². The summed E-state index contributed by atoms with van der Waals surface area (Å²) in [4.78, 5) is 29.5. The Bertz CT molecular complexity index is 1160. The van der Waals surface area contributed by atoms with Crippen LogP contribution < -0.4 is 4.90 Å². The normalized spacial score (nSPS) is 14.2. The molecule has 0 spiro atoms. The van der Waals surface area contributed by atoms with Crippen LogP contribution in [0.3, 0.4) is 0 Å². The molecular weight excluding hydrogens is 426 g/mol. The van der Waals surface area contributed by atoms with Crippen LogP contribution in [0.2, 0.25) is 5.02 Å². The summed E-state index contributed by atoms with van der Waals surface area (Å²) in [6.07, 6.45) is 0. The van der Waals surface area contributed by atoms with E-state index in [1.54, 1.807) is 12.1 Å². The van der Waals surface area contributed by atoms with Crippen molar-refractivity contribution >= 4 is 46.4 Å². The molecular formula is C26H22ClNO2S. The molecule has 0 atom stereocenters. The van der Waals surface area contributed by atoms with Gasteiger partial charge in [-0.25, -0.2) is 4.90 Å². The van der Waals surface area contributed by atoms with Crippen molar-refractivity contribution in [1.82, 2.24) is 0 Å². The number of carbonyl (C=O) groups is 2. The monoisotopic (exact) mass is 447 g/mol. The lowest BCUT2D eigenvalue weighted by molar-refractivity contribution is -0.119. The minimum absolute atomic E-state index is 0.303. The molecule has 31 heavy (non-hydrogen) atoms. The van der Waals surface area contributed by atoms with Crippen LogP contribution in [0.1, 0.15) is 36.5 Å². The lowest BCUT2D eigenvalue weighted by Gasteiger charge is -2.16. The molecule has 1 aliphatic heterocycles. The van der Waals surface area contributed by atoms with Crippen LogP contribution in [0.4, 0.5) is 5.69 Å². The van der Waals surface area contributed by atoms with Gasteiger partial charge >= 0.3 is 0 Å². The van der Waals surface area contributed by atoms with Crippen molar-refractivity contribution in [3.63, 3.8) is 0 Å². The number of aryl methyl sites for hydroxylation is 1. The van der Waals surface area contributed by atoms with Crippen molar-refractivity contribution in [2.75, 3.05) is 4.90 Å². The van der Waals surface area contributed by atoms with Gasteiger partial charge in [0.05, 0.1) is 16.2 Å². The van der Waals surface area contributed by atoms with Gasteiger partial charge in [-0.05, 0) is 60.4 Å². The SMILES string of the molecule is Cc1ccc(C2=C(Sc3ccc(Cl)cc3)C(=O)N(c3ccc(C(C)C)cc3)C2=O)cc1. The second-order valence-corrected chi connectivity index (χ2v) is 9.34. The number of anilines is 1. The molecule has 3 aromatic rings. The number of rotatable bonds is 5. The van der Waals surface area contributed by atoms with Crippen LogP contribution in [0.5, 0.6) is 0 Å². The number of nitrogens with zero attached hydrogens (tertiary/aromatic N) is 1. The molecule has 3 aromatic carbocycles. The topological polar surface area (TPSA) is 37.4 Å². The highest BCUT2D eigenvalue weighted by atomic mass is 35.5. The maximum Gasteiger partial charge on any atom is 0.272 e. The van der Waals surface area contributed by atoms with E-state index in [2.05, 4.69) is 13.8 Å². The van der Waals surface area contributed by atoms with E-state index in [0.717, 1.165) is 21.6 Å². The van der Waals surface area contributed by atoms with Gasteiger partial charge in [0.2, 0.25) is 0 Å². The van der Waals surface area contributed by atoms with Crippen molar-refractivity contribution in [2.45, 2.75) is 31.6 Å². The van der Waals surface area contributed by atoms with Crippen LogP contribution in [0.15, 0.2) is 82.6 Å². The van der Waals surface area contributed by atoms with Gasteiger partial charge < -0.3 is 0 Å². The summed E-state index contributed by atoms with van der Waals surface area (Å²) in [5, 5.41) is 0.623. The van der Waals surface area contributed by atoms with Gasteiger partial charge in [-0.15, -0.1) is 0 Å². The number of thioether (sulfide) groups is 1. The molecule has 0 saturated heterocycles. The maximum atomic E-state index is 13.5. The highest BCUT2D eigenvalue weighted by molar-refractivity contribution is 8.04. The number of amides is 2. The quantitative estimate of drug-likeness (QED) is 0.401. The summed E-state index contributed by atoms with van der Waals surface area (Å²) in [7, 11) is 0. The third-order valence-electron chi connectivity index (χ3n) is 5.23. The van der Waals surface area contributed by atoms with E-state index in [-0.39, 0.29) is 11.8 Å². The molecule has 1 heterocycles. The first-order valence-electron chi connectivity index (χ1n) is 10.1. The molecule has 0 aliphatic carbocycles. The first-order valence-corrected chi connectivity index (χ1v) is 11.3. The molecule has 1 aliphatic rings. The fraction of sp³-hybridized carbons (Fsp3) is 0.154. The van der Waals surface area contributed by atoms with Crippen molar-refractivity contribution in [3.8, 4) is 0 Å². The number of carbonyl (C=O) groups excluding carboxylic acids is 2. The smallest absolute Gasteiger partial charge is 0.268 e. The fourth-order valence-electron chi connectivity index (χ4n) is 3.44. The second kappa shape index (κ2) is 8.74. The van der Waals surface area contributed by atoms with E-state index in [9.17, 15) is 9.59 Å². The van der Waals surface area contributed by atoms with Crippen LogP contribution >= 0.6 is 23.4 Å². The summed E-state index contributed by atoms with van der Waals surface area (Å²) < 4.78 is 0. The van der Waals surface area contributed by atoms with Crippen LogP contribution in [0, 0.1) is 6.92 Å². The second-order valence-electron chi connectivity index (χ2n) is 7.82. The van der Waals surface area contributed by atoms with Crippen molar-refractivity contribution < 1.29 is 9.59 Å². The average molecular weight is 448 g/mol. The Hall–Kier alpha value is -2.82. The summed E-state index contributed by atoms with van der Waals surface area (Å²) in [5.41, 5.74) is 4.00. The van der Waals surface area contributed by atoms with Gasteiger partial charge in [-0.3, -0.25) is 9.59 Å². The number of imide groups is 1. The van der Waals surface area contributed by atoms with Crippen LogP contribution in [-0.2, 0) is 9.59 Å². The largest absolute Gasteiger partial charge is 0.272 e. The van der Waals surface area contributed by atoms with Crippen LogP contribution in [0.25, 0.3) is 5.57 Å². The van der Waals surface area contributed by atoms with Crippen LogP contribution in [-0.4, -0.2) is 11.8 Å². The predicted molar refractivity (Wildman–Crippen MR) is 128 cm³/mol. The van der Waals surface area contributed by atoms with Gasteiger partial charge in [-0.2, -0.15) is 0 Å². The van der Waals surface area contributed by atoms with Gasteiger partial charge in [0, 0.05) is 9.92 Å². The highest BCUT2D eigenvalue weighted by Crippen LogP contribution is 2.41. The molecule has 0 saturated carbocycles. The Morgan fingerprint density at radius 3 is 2.00 bits per heavy atom. The van der Waals surface area contributed by atoms with E-state index >= 15 is 0 Å². The summed E-state index contributed by atoms with van der Waals surface area (Å²) in [6.45, 7) is 6.21. The van der Waals surface area contributed by atoms with Crippen molar-refractivity contribution in [2.24, 2.45) is 0 Å². The van der Waals surface area contributed by atoms with E-state index < -0.39 is 0 Å². The molecule has 2 amide bonds. The van der Waals surface area contributed by atoms with Gasteiger partial charge in [0.1, 0.15) is 0 Å². The molecule has 0 bridgehead atoms. The molecule has 3 nitrogen and oxygen atoms in total. The average Bonchev–Trinajstić information content (AvgIpc) is 3.00. The van der Waals surface area contributed by atoms with Crippen molar-refractivity contribution in [3.05, 3.63) is 99.4 Å². The standard InChI is InChI=1S/C26H22ClNO2S/c1-16(2)18-8-12-21(13-9-18)28-25(29)23(19-6-4-17(3)5-7-19)24(26(28)30)31-22-14-10-20(27)11-15-22/h4-16H,1-3H3. The Kier molecular flexibility index (Phi) is 6.03. The molecule has 0 unspecified atom stereocenters. The Morgan fingerprint density at radius 1 is 0.806 bits per heavy atom. The molecule has 0 N–H and O–H groups in total. The van der Waals surface area contributed by atoms with Crippen molar-refractivity contribution in [1.29, 1.82) is 0 Å². The van der Waals surface area contributed by atoms with Gasteiger partial charge in [0.15, 0.2) is 0 Å². The molecule has 156 valence electrons. The Labute approximate surface area is 191 Å². The highest BCUT2D eigenvalue weighted by Gasteiger charge is 2.40. The Morgan fingerprint density at radius 2 is 1.42 bits per heavy atom. The number of hydrogen-bond donors (Lipinski definition) is 0. The molecule has 0 radical (unpaired) electrons.